The van der Waals surface area contributed by atoms with E-state index in [1.54, 1.807) is 0 Å². The molecular formula is C26H24ClN5. The van der Waals surface area contributed by atoms with Gasteiger partial charge in [-0.1, -0.05) is 17.7 Å². The fourth-order valence-corrected chi connectivity index (χ4v) is 4.86. The highest BCUT2D eigenvalue weighted by Gasteiger charge is 2.31. The van der Waals surface area contributed by atoms with Crippen LogP contribution in [0.4, 0.5) is 11.5 Å². The quantitative estimate of drug-likeness (QED) is 0.587. The minimum absolute atomic E-state index is 0.109. The lowest BCUT2D eigenvalue weighted by molar-refractivity contribution is 0.598. The van der Waals surface area contributed by atoms with Gasteiger partial charge in [-0.05, 0) is 80.7 Å². The van der Waals surface area contributed by atoms with Gasteiger partial charge in [0.25, 0.3) is 0 Å². The van der Waals surface area contributed by atoms with Crippen molar-refractivity contribution in [2.24, 2.45) is 0 Å². The number of nitrogens with two attached hydrogens (primary N) is 1. The van der Waals surface area contributed by atoms with Gasteiger partial charge in [0.15, 0.2) is 0 Å². The number of rotatable bonds is 1. The number of hydrogen-bond donors (Lipinski definition) is 1. The zero-order chi connectivity index (χ0) is 23.5. The summed E-state index contributed by atoms with van der Waals surface area (Å²) in [5.74, 6) is 0.142. The Bertz CT molecular complexity index is 1380. The first-order chi connectivity index (χ1) is 15.0. The SMILES string of the molecule is CC1=CC(C)(C)N(C)c2cc(Cl)c(/C=C3\C(C)=C(C#N)c4nc(N)c(C#N)c(C)c43)cc21. The molecule has 2 aromatic rings. The van der Waals surface area contributed by atoms with E-state index in [4.69, 9.17) is 17.3 Å². The van der Waals surface area contributed by atoms with E-state index in [0.717, 1.165) is 39.1 Å². The van der Waals surface area contributed by atoms with Crippen molar-refractivity contribution in [1.29, 1.82) is 10.5 Å². The summed E-state index contributed by atoms with van der Waals surface area (Å²) in [6.07, 6.45) is 4.24. The van der Waals surface area contributed by atoms with Crippen molar-refractivity contribution in [3.05, 3.63) is 62.3 Å². The van der Waals surface area contributed by atoms with Crippen LogP contribution in [0.1, 0.15) is 61.2 Å². The van der Waals surface area contributed by atoms with Crippen LogP contribution in [0, 0.1) is 29.6 Å². The Hall–Kier alpha value is -3.54. The molecule has 32 heavy (non-hydrogen) atoms. The third kappa shape index (κ3) is 3.01. The van der Waals surface area contributed by atoms with Gasteiger partial charge in [-0.3, -0.25) is 0 Å². The summed E-state index contributed by atoms with van der Waals surface area (Å²) in [6.45, 7) is 10.2. The molecule has 160 valence electrons. The fraction of sp³-hybridized carbons (Fsp3) is 0.269. The number of hydrogen-bond acceptors (Lipinski definition) is 5. The Morgan fingerprint density at radius 3 is 2.47 bits per heavy atom. The van der Waals surface area contributed by atoms with Gasteiger partial charge < -0.3 is 10.6 Å². The molecule has 2 heterocycles. The van der Waals surface area contributed by atoms with E-state index >= 15 is 0 Å². The van der Waals surface area contributed by atoms with Crippen molar-refractivity contribution >= 4 is 45.9 Å². The van der Waals surface area contributed by atoms with Crippen LogP contribution < -0.4 is 10.6 Å². The Morgan fingerprint density at radius 1 is 1.16 bits per heavy atom. The van der Waals surface area contributed by atoms with E-state index in [2.05, 4.69) is 62.0 Å². The standard InChI is InChI=1S/C26H24ClN5/c1-13-10-26(4,5)32(6)22-9-21(27)16(7-17(13)22)8-18-14(2)19(11-28)24-23(18)15(3)20(12-29)25(30)31-24/h7-10H,1-6H3,(H2,30,31)/b18-8+. The number of aromatic nitrogens is 1. The van der Waals surface area contributed by atoms with Gasteiger partial charge in [-0.25, -0.2) is 4.98 Å². The lowest BCUT2D eigenvalue weighted by Gasteiger charge is -2.40. The Labute approximate surface area is 193 Å². The van der Waals surface area contributed by atoms with Gasteiger partial charge in [-0.15, -0.1) is 0 Å². The molecule has 4 rings (SSSR count). The average Bonchev–Trinajstić information content (AvgIpc) is 2.98. The van der Waals surface area contributed by atoms with E-state index < -0.39 is 0 Å². The number of pyridine rings is 1. The molecule has 2 aliphatic rings. The third-order valence-corrected chi connectivity index (χ3v) is 6.95. The predicted molar refractivity (Wildman–Crippen MR) is 132 cm³/mol. The highest BCUT2D eigenvalue weighted by molar-refractivity contribution is 6.33. The maximum absolute atomic E-state index is 9.78. The van der Waals surface area contributed by atoms with Crippen molar-refractivity contribution < 1.29 is 0 Å². The molecular weight excluding hydrogens is 418 g/mol. The smallest absolute Gasteiger partial charge is 0.142 e. The van der Waals surface area contributed by atoms with Gasteiger partial charge in [0.05, 0.1) is 22.4 Å². The second kappa shape index (κ2) is 7.26. The van der Waals surface area contributed by atoms with Crippen LogP contribution >= 0.6 is 11.6 Å². The molecule has 1 aromatic carbocycles. The Balaban J connectivity index is 1.98. The number of nitrogens with zero attached hydrogens (tertiary/aromatic N) is 4. The molecule has 6 heteroatoms. The van der Waals surface area contributed by atoms with Crippen molar-refractivity contribution in [1.82, 2.24) is 4.98 Å². The molecule has 0 atom stereocenters. The van der Waals surface area contributed by atoms with Gasteiger partial charge in [0.1, 0.15) is 18.0 Å². The highest BCUT2D eigenvalue weighted by Crippen LogP contribution is 2.46. The van der Waals surface area contributed by atoms with Crippen molar-refractivity contribution in [3.8, 4) is 12.1 Å². The van der Waals surface area contributed by atoms with Crippen molar-refractivity contribution in [2.75, 3.05) is 17.7 Å². The van der Waals surface area contributed by atoms with Crippen LogP contribution in [0.3, 0.4) is 0 Å². The van der Waals surface area contributed by atoms with Crippen molar-refractivity contribution in [2.45, 2.75) is 40.2 Å². The molecule has 0 amide bonds. The molecule has 5 nitrogen and oxygen atoms in total. The molecule has 0 bridgehead atoms. The zero-order valence-electron chi connectivity index (χ0n) is 19.1. The summed E-state index contributed by atoms with van der Waals surface area (Å²) in [7, 11) is 2.07. The molecule has 0 spiro atoms. The maximum Gasteiger partial charge on any atom is 0.142 e. The predicted octanol–water partition coefficient (Wildman–Crippen LogP) is 5.98. The van der Waals surface area contributed by atoms with Crippen LogP contribution in [0.5, 0.6) is 0 Å². The second-order valence-corrected chi connectivity index (χ2v) is 9.34. The lowest BCUT2D eigenvalue weighted by atomic mass is 9.88. The minimum Gasteiger partial charge on any atom is -0.383 e. The lowest BCUT2D eigenvalue weighted by Crippen LogP contribution is -2.42. The largest absolute Gasteiger partial charge is 0.383 e. The summed E-state index contributed by atoms with van der Waals surface area (Å²) in [6, 6.07) is 8.48. The summed E-state index contributed by atoms with van der Waals surface area (Å²) in [4.78, 5) is 6.62. The number of nitriles is 2. The van der Waals surface area contributed by atoms with Crippen LogP contribution in [-0.4, -0.2) is 17.6 Å². The van der Waals surface area contributed by atoms with E-state index in [1.165, 1.54) is 5.57 Å². The van der Waals surface area contributed by atoms with Gasteiger partial charge in [-0.2, -0.15) is 10.5 Å². The van der Waals surface area contributed by atoms with Gasteiger partial charge >= 0.3 is 0 Å². The molecule has 1 aliphatic heterocycles. The molecule has 0 saturated heterocycles. The molecule has 0 saturated carbocycles. The van der Waals surface area contributed by atoms with E-state index in [9.17, 15) is 10.5 Å². The van der Waals surface area contributed by atoms with E-state index in [0.29, 0.717) is 21.9 Å². The molecule has 1 aliphatic carbocycles. The molecule has 1 aromatic heterocycles. The van der Waals surface area contributed by atoms with Crippen LogP contribution in [0.2, 0.25) is 5.02 Å². The van der Waals surface area contributed by atoms with Crippen molar-refractivity contribution in [3.63, 3.8) is 0 Å². The van der Waals surface area contributed by atoms with Gasteiger partial charge in [0, 0.05) is 28.9 Å². The number of benzene rings is 1. The normalized spacial score (nSPS) is 17.6. The minimum atomic E-state index is -0.109. The average molecular weight is 442 g/mol. The topological polar surface area (TPSA) is 89.7 Å². The highest BCUT2D eigenvalue weighted by atomic mass is 35.5. The Morgan fingerprint density at radius 2 is 1.84 bits per heavy atom. The number of likely N-dealkylation sites (N-methyl/N-ethyl adjacent to an activating group) is 1. The molecule has 0 radical (unpaired) electrons. The molecule has 0 fully saturated rings. The number of nitrogen functional groups attached to an aromatic ring is 1. The second-order valence-electron chi connectivity index (χ2n) is 8.93. The van der Waals surface area contributed by atoms with E-state index in [-0.39, 0.29) is 11.4 Å². The number of allylic oxidation sites excluding steroid dienone is 4. The summed E-state index contributed by atoms with van der Waals surface area (Å²) >= 11 is 6.75. The third-order valence-electron chi connectivity index (χ3n) is 6.62. The maximum atomic E-state index is 9.78. The van der Waals surface area contributed by atoms with Crippen LogP contribution in [0.15, 0.2) is 23.8 Å². The zero-order valence-corrected chi connectivity index (χ0v) is 19.8. The number of anilines is 2. The first-order valence-corrected chi connectivity index (χ1v) is 10.7. The number of fused-ring (bicyclic) bond motifs is 2. The summed E-state index contributed by atoms with van der Waals surface area (Å²) < 4.78 is 0. The summed E-state index contributed by atoms with van der Waals surface area (Å²) in [5.41, 5.74) is 14.6. The van der Waals surface area contributed by atoms with E-state index in [1.807, 2.05) is 26.0 Å². The van der Waals surface area contributed by atoms with Crippen LogP contribution in [0.25, 0.3) is 22.8 Å². The van der Waals surface area contributed by atoms with Crippen LogP contribution in [-0.2, 0) is 0 Å². The molecule has 0 unspecified atom stereocenters. The number of halogens is 1. The Kier molecular flexibility index (Phi) is 4.92. The molecule has 2 N–H and O–H groups in total. The first-order valence-electron chi connectivity index (χ1n) is 10.3. The monoisotopic (exact) mass is 441 g/mol. The van der Waals surface area contributed by atoms with Gasteiger partial charge in [0.2, 0.25) is 0 Å². The fourth-order valence-electron chi connectivity index (χ4n) is 4.65. The first kappa shape index (κ1) is 21.7. The summed E-state index contributed by atoms with van der Waals surface area (Å²) in [5, 5.41) is 20.0.